The molecule has 0 amide bonds. The van der Waals surface area contributed by atoms with Crippen LogP contribution in [0.3, 0.4) is 0 Å². The molecule has 1 aromatic heterocycles. The molecule has 0 fully saturated rings. The van der Waals surface area contributed by atoms with Gasteiger partial charge in [-0.15, -0.1) is 0 Å². The molecule has 0 bridgehead atoms. The second-order valence-corrected chi connectivity index (χ2v) is 10.6. The lowest BCUT2D eigenvalue weighted by Gasteiger charge is -2.26. The Morgan fingerprint density at radius 1 is 0.357 bits per heavy atom. The number of hydrogen-bond donors (Lipinski definition) is 0. The van der Waals surface area contributed by atoms with Gasteiger partial charge in [-0.05, 0) is 81.6 Å². The monoisotopic (exact) mass is 537 g/mol. The first-order chi connectivity index (χ1) is 20.8. The molecular formula is C40H27NO. The molecule has 0 spiro atoms. The first-order valence-electron chi connectivity index (χ1n) is 14.3. The number of furan rings is 1. The van der Waals surface area contributed by atoms with Crippen molar-refractivity contribution in [1.29, 1.82) is 0 Å². The van der Waals surface area contributed by atoms with E-state index in [9.17, 15) is 0 Å². The van der Waals surface area contributed by atoms with Gasteiger partial charge in [0, 0.05) is 27.8 Å². The van der Waals surface area contributed by atoms with Crippen LogP contribution in [0.4, 0.5) is 17.1 Å². The highest BCUT2D eigenvalue weighted by Crippen LogP contribution is 2.41. The zero-order valence-corrected chi connectivity index (χ0v) is 22.9. The van der Waals surface area contributed by atoms with E-state index in [1.54, 1.807) is 0 Å². The maximum absolute atomic E-state index is 6.33. The van der Waals surface area contributed by atoms with Gasteiger partial charge in [0.25, 0.3) is 0 Å². The maximum atomic E-state index is 6.33. The molecule has 1 heterocycles. The van der Waals surface area contributed by atoms with Gasteiger partial charge in [0.2, 0.25) is 0 Å². The Kier molecular flexibility index (Phi) is 5.82. The predicted octanol–water partition coefficient (Wildman–Crippen LogP) is 11.5. The van der Waals surface area contributed by atoms with E-state index < -0.39 is 0 Å². The van der Waals surface area contributed by atoms with Gasteiger partial charge in [0.05, 0.1) is 0 Å². The van der Waals surface area contributed by atoms with Crippen molar-refractivity contribution in [3.05, 3.63) is 164 Å². The number of benzene rings is 7. The second kappa shape index (κ2) is 10.1. The number of nitrogens with zero attached hydrogens (tertiary/aromatic N) is 1. The molecular weight excluding hydrogens is 510 g/mol. The number of hydrogen-bond acceptors (Lipinski definition) is 2. The maximum Gasteiger partial charge on any atom is 0.136 e. The van der Waals surface area contributed by atoms with Crippen LogP contribution in [0, 0.1) is 0 Å². The van der Waals surface area contributed by atoms with E-state index in [0.29, 0.717) is 0 Å². The van der Waals surface area contributed by atoms with E-state index in [0.717, 1.165) is 39.2 Å². The number of para-hydroxylation sites is 2. The standard InChI is InChI=1S/C40H27NO/c1-3-11-28(12-4-1)29-19-23-32(24-20-29)41(31-13-5-2-6-14-31)33-25-21-30(22-26-33)37-27-39-40(35-16-8-7-15-34(35)37)36-17-9-10-18-38(36)42-39/h1-27H. The zero-order valence-electron chi connectivity index (χ0n) is 22.9. The van der Waals surface area contributed by atoms with Gasteiger partial charge in [0.15, 0.2) is 0 Å². The lowest BCUT2D eigenvalue weighted by molar-refractivity contribution is 0.669. The van der Waals surface area contributed by atoms with Crippen molar-refractivity contribution in [2.75, 3.05) is 4.90 Å². The Bertz CT molecular complexity index is 2160. The normalized spacial score (nSPS) is 11.3. The highest BCUT2D eigenvalue weighted by atomic mass is 16.3. The Morgan fingerprint density at radius 2 is 0.857 bits per heavy atom. The summed E-state index contributed by atoms with van der Waals surface area (Å²) in [5, 5.41) is 4.77. The third-order valence-corrected chi connectivity index (χ3v) is 8.07. The van der Waals surface area contributed by atoms with Crippen LogP contribution in [0.2, 0.25) is 0 Å². The van der Waals surface area contributed by atoms with Crippen molar-refractivity contribution in [2.45, 2.75) is 0 Å². The minimum atomic E-state index is 0.915. The molecule has 7 aromatic carbocycles. The van der Waals surface area contributed by atoms with Crippen molar-refractivity contribution in [3.8, 4) is 22.3 Å². The van der Waals surface area contributed by atoms with Crippen molar-refractivity contribution in [3.63, 3.8) is 0 Å². The molecule has 0 saturated heterocycles. The fraction of sp³-hybridized carbons (Fsp3) is 0. The third-order valence-electron chi connectivity index (χ3n) is 8.07. The van der Waals surface area contributed by atoms with Crippen LogP contribution in [0.1, 0.15) is 0 Å². The van der Waals surface area contributed by atoms with Crippen molar-refractivity contribution < 1.29 is 4.42 Å². The van der Waals surface area contributed by atoms with Crippen LogP contribution in [0.25, 0.3) is 55.0 Å². The average Bonchev–Trinajstić information content (AvgIpc) is 3.45. The van der Waals surface area contributed by atoms with E-state index >= 15 is 0 Å². The molecule has 42 heavy (non-hydrogen) atoms. The molecule has 0 aliphatic heterocycles. The Hall–Kier alpha value is -5.60. The summed E-state index contributed by atoms with van der Waals surface area (Å²) in [6.45, 7) is 0. The summed E-state index contributed by atoms with van der Waals surface area (Å²) in [5.41, 5.74) is 9.91. The van der Waals surface area contributed by atoms with Crippen LogP contribution in [0.15, 0.2) is 168 Å². The smallest absolute Gasteiger partial charge is 0.136 e. The van der Waals surface area contributed by atoms with Crippen LogP contribution >= 0.6 is 0 Å². The molecule has 0 aliphatic carbocycles. The van der Waals surface area contributed by atoms with Gasteiger partial charge in [-0.25, -0.2) is 0 Å². The minimum absolute atomic E-state index is 0.915. The molecule has 0 aliphatic rings. The van der Waals surface area contributed by atoms with Crippen molar-refractivity contribution in [1.82, 2.24) is 0 Å². The summed E-state index contributed by atoms with van der Waals surface area (Å²) in [7, 11) is 0. The van der Waals surface area contributed by atoms with E-state index in [-0.39, 0.29) is 0 Å². The van der Waals surface area contributed by atoms with E-state index in [1.807, 2.05) is 12.1 Å². The van der Waals surface area contributed by atoms with Gasteiger partial charge >= 0.3 is 0 Å². The molecule has 0 N–H and O–H groups in total. The zero-order chi connectivity index (χ0) is 27.9. The quantitative estimate of drug-likeness (QED) is 0.217. The predicted molar refractivity (Wildman–Crippen MR) is 177 cm³/mol. The van der Waals surface area contributed by atoms with Gasteiger partial charge in [-0.2, -0.15) is 0 Å². The number of anilines is 3. The summed E-state index contributed by atoms with van der Waals surface area (Å²) in [6.07, 6.45) is 0. The highest BCUT2D eigenvalue weighted by molar-refractivity contribution is 6.22. The van der Waals surface area contributed by atoms with Crippen LogP contribution in [0.5, 0.6) is 0 Å². The van der Waals surface area contributed by atoms with E-state index in [1.165, 1.54) is 32.8 Å². The molecule has 2 nitrogen and oxygen atoms in total. The Labute approximate surface area is 244 Å². The van der Waals surface area contributed by atoms with Crippen LogP contribution < -0.4 is 4.90 Å². The fourth-order valence-corrected chi connectivity index (χ4v) is 6.08. The summed E-state index contributed by atoms with van der Waals surface area (Å²) in [6, 6.07) is 57.8. The lowest BCUT2D eigenvalue weighted by Crippen LogP contribution is -2.09. The first kappa shape index (κ1) is 24.2. The lowest BCUT2D eigenvalue weighted by atomic mass is 9.95. The SMILES string of the molecule is c1ccc(-c2ccc(N(c3ccccc3)c3ccc(-c4cc5oc6ccccc6c5c5ccccc45)cc3)cc2)cc1. The Morgan fingerprint density at radius 3 is 1.55 bits per heavy atom. The summed E-state index contributed by atoms with van der Waals surface area (Å²) in [4.78, 5) is 2.30. The summed E-state index contributed by atoms with van der Waals surface area (Å²) >= 11 is 0. The number of rotatable bonds is 5. The van der Waals surface area contributed by atoms with Gasteiger partial charge in [-0.1, -0.05) is 115 Å². The van der Waals surface area contributed by atoms with E-state index in [2.05, 4.69) is 157 Å². The van der Waals surface area contributed by atoms with Gasteiger partial charge < -0.3 is 9.32 Å². The van der Waals surface area contributed by atoms with Crippen LogP contribution in [-0.2, 0) is 0 Å². The highest BCUT2D eigenvalue weighted by Gasteiger charge is 2.16. The molecule has 0 radical (unpaired) electrons. The van der Waals surface area contributed by atoms with E-state index in [4.69, 9.17) is 4.42 Å². The minimum Gasteiger partial charge on any atom is -0.456 e. The summed E-state index contributed by atoms with van der Waals surface area (Å²) in [5.74, 6) is 0. The molecule has 8 rings (SSSR count). The summed E-state index contributed by atoms with van der Waals surface area (Å²) < 4.78 is 6.33. The first-order valence-corrected chi connectivity index (χ1v) is 14.3. The molecule has 0 unspecified atom stereocenters. The molecule has 2 heteroatoms. The second-order valence-electron chi connectivity index (χ2n) is 10.6. The fourth-order valence-electron chi connectivity index (χ4n) is 6.08. The largest absolute Gasteiger partial charge is 0.456 e. The number of fused-ring (bicyclic) bond motifs is 5. The molecule has 198 valence electrons. The van der Waals surface area contributed by atoms with Crippen molar-refractivity contribution >= 4 is 49.8 Å². The Balaban J connectivity index is 1.23. The van der Waals surface area contributed by atoms with Gasteiger partial charge in [0.1, 0.15) is 11.2 Å². The average molecular weight is 538 g/mol. The van der Waals surface area contributed by atoms with Crippen molar-refractivity contribution in [2.24, 2.45) is 0 Å². The molecule has 0 atom stereocenters. The molecule has 0 saturated carbocycles. The third kappa shape index (κ3) is 4.13. The molecule has 8 aromatic rings. The topological polar surface area (TPSA) is 16.4 Å². The van der Waals surface area contributed by atoms with Crippen LogP contribution in [-0.4, -0.2) is 0 Å². The van der Waals surface area contributed by atoms with Gasteiger partial charge in [-0.3, -0.25) is 0 Å².